The van der Waals surface area contributed by atoms with E-state index in [0.717, 1.165) is 22.3 Å². The van der Waals surface area contributed by atoms with Crippen LogP contribution in [0.15, 0.2) is 71.3 Å². The molecule has 1 aliphatic rings. The minimum absolute atomic E-state index is 0.0670. The number of carbonyl (C=O) groups is 2. The summed E-state index contributed by atoms with van der Waals surface area (Å²) in [5.74, 6) is -0.0708. The van der Waals surface area contributed by atoms with Gasteiger partial charge < -0.3 is 14.2 Å². The predicted molar refractivity (Wildman–Crippen MR) is 110 cm³/mol. The van der Waals surface area contributed by atoms with Gasteiger partial charge in [0.2, 0.25) is 5.91 Å². The molecule has 0 bridgehead atoms. The Hall–Kier alpha value is -3.34. The Balaban J connectivity index is 1.62. The third kappa shape index (κ3) is 3.81. The first-order valence-electron chi connectivity index (χ1n) is 9.75. The second-order valence-electron chi connectivity index (χ2n) is 7.52. The molecule has 2 heterocycles. The molecule has 148 valence electrons. The zero-order valence-corrected chi connectivity index (χ0v) is 16.7. The number of nitrogens with zero attached hydrogens (tertiary/aromatic N) is 2. The molecule has 3 aromatic rings. The van der Waals surface area contributed by atoms with E-state index in [4.69, 9.17) is 4.42 Å². The number of benzene rings is 2. The monoisotopic (exact) mass is 388 g/mol. The maximum absolute atomic E-state index is 13.4. The van der Waals surface area contributed by atoms with Crippen molar-refractivity contribution in [3.05, 3.63) is 94.9 Å². The van der Waals surface area contributed by atoms with Crippen LogP contribution in [0.2, 0.25) is 0 Å². The summed E-state index contributed by atoms with van der Waals surface area (Å²) in [5.41, 5.74) is 4.42. The Bertz CT molecular complexity index is 1030. The number of rotatable bonds is 4. The minimum Gasteiger partial charge on any atom is -0.459 e. The zero-order valence-electron chi connectivity index (χ0n) is 16.7. The molecule has 0 spiro atoms. The van der Waals surface area contributed by atoms with Crippen LogP contribution in [0.3, 0.4) is 0 Å². The van der Waals surface area contributed by atoms with Crippen LogP contribution in [-0.4, -0.2) is 34.7 Å². The van der Waals surface area contributed by atoms with Crippen molar-refractivity contribution < 1.29 is 14.0 Å². The van der Waals surface area contributed by atoms with Crippen molar-refractivity contribution in [3.8, 4) is 0 Å². The lowest BCUT2D eigenvalue weighted by Crippen LogP contribution is -2.52. The fraction of sp³-hybridized carbons (Fsp3) is 0.250. The van der Waals surface area contributed by atoms with Gasteiger partial charge in [0.15, 0.2) is 5.76 Å². The van der Waals surface area contributed by atoms with Gasteiger partial charge in [-0.3, -0.25) is 9.59 Å². The van der Waals surface area contributed by atoms with Gasteiger partial charge in [-0.1, -0.05) is 48.5 Å². The minimum atomic E-state index is -0.559. The highest BCUT2D eigenvalue weighted by molar-refractivity contribution is 5.96. The Morgan fingerprint density at radius 2 is 1.76 bits per heavy atom. The van der Waals surface area contributed by atoms with Crippen molar-refractivity contribution in [2.45, 2.75) is 32.5 Å². The smallest absolute Gasteiger partial charge is 0.290 e. The van der Waals surface area contributed by atoms with Crippen LogP contribution in [0.5, 0.6) is 0 Å². The van der Waals surface area contributed by atoms with Gasteiger partial charge in [-0.05, 0) is 41.3 Å². The molecule has 0 aliphatic carbocycles. The molecular formula is C24H24N2O3. The highest BCUT2D eigenvalue weighted by Gasteiger charge is 2.37. The maximum Gasteiger partial charge on any atom is 0.290 e. The van der Waals surface area contributed by atoms with Gasteiger partial charge in [-0.2, -0.15) is 0 Å². The van der Waals surface area contributed by atoms with Crippen LogP contribution >= 0.6 is 0 Å². The summed E-state index contributed by atoms with van der Waals surface area (Å²) in [6, 6.07) is 18.8. The molecule has 1 aliphatic heterocycles. The van der Waals surface area contributed by atoms with Crippen LogP contribution in [-0.2, 0) is 24.3 Å². The molecule has 4 rings (SSSR count). The van der Waals surface area contributed by atoms with Gasteiger partial charge in [0, 0.05) is 26.6 Å². The van der Waals surface area contributed by atoms with E-state index in [-0.39, 0.29) is 17.6 Å². The number of carbonyl (C=O) groups excluding carboxylic acids is 2. The van der Waals surface area contributed by atoms with Gasteiger partial charge in [-0.25, -0.2) is 0 Å². The second-order valence-corrected chi connectivity index (χ2v) is 7.52. The van der Waals surface area contributed by atoms with Crippen molar-refractivity contribution >= 4 is 11.8 Å². The summed E-state index contributed by atoms with van der Waals surface area (Å²) in [6.45, 7) is 2.94. The van der Waals surface area contributed by atoms with Crippen molar-refractivity contribution in [1.82, 2.24) is 9.80 Å². The fourth-order valence-electron chi connectivity index (χ4n) is 3.87. The van der Waals surface area contributed by atoms with Gasteiger partial charge >= 0.3 is 0 Å². The number of furan rings is 1. The van der Waals surface area contributed by atoms with E-state index in [1.807, 2.05) is 55.5 Å². The van der Waals surface area contributed by atoms with Gasteiger partial charge in [0.1, 0.15) is 6.04 Å². The molecule has 2 aromatic carbocycles. The molecule has 29 heavy (non-hydrogen) atoms. The second kappa shape index (κ2) is 7.95. The molecule has 1 unspecified atom stereocenters. The first-order chi connectivity index (χ1) is 14.0. The van der Waals surface area contributed by atoms with Crippen molar-refractivity contribution in [2.24, 2.45) is 0 Å². The molecule has 5 heteroatoms. The van der Waals surface area contributed by atoms with E-state index < -0.39 is 6.04 Å². The fourth-order valence-corrected chi connectivity index (χ4v) is 3.87. The molecule has 0 fully saturated rings. The van der Waals surface area contributed by atoms with Gasteiger partial charge in [0.05, 0.1) is 6.26 Å². The Morgan fingerprint density at radius 3 is 2.48 bits per heavy atom. The van der Waals surface area contributed by atoms with E-state index in [0.29, 0.717) is 19.5 Å². The predicted octanol–water partition coefficient (Wildman–Crippen LogP) is 3.81. The number of hydrogen-bond donors (Lipinski definition) is 0. The molecular weight excluding hydrogens is 364 g/mol. The number of aryl methyl sites for hydroxylation is 1. The summed E-state index contributed by atoms with van der Waals surface area (Å²) < 4.78 is 5.32. The van der Waals surface area contributed by atoms with Crippen molar-refractivity contribution in [3.63, 3.8) is 0 Å². The Kier molecular flexibility index (Phi) is 5.21. The molecule has 0 saturated carbocycles. The summed E-state index contributed by atoms with van der Waals surface area (Å²) in [5, 5.41) is 0. The lowest BCUT2D eigenvalue weighted by Gasteiger charge is -2.37. The largest absolute Gasteiger partial charge is 0.459 e. The molecule has 5 nitrogen and oxygen atoms in total. The average Bonchev–Trinajstić information content (AvgIpc) is 3.28. The highest BCUT2D eigenvalue weighted by atomic mass is 16.3. The number of likely N-dealkylation sites (N-methyl/N-ethyl adjacent to an activating group) is 1. The molecule has 0 N–H and O–H groups in total. The lowest BCUT2D eigenvalue weighted by atomic mass is 9.92. The number of amides is 2. The van der Waals surface area contributed by atoms with Crippen molar-refractivity contribution in [1.29, 1.82) is 0 Å². The summed E-state index contributed by atoms with van der Waals surface area (Å²) in [4.78, 5) is 29.8. The first-order valence-corrected chi connectivity index (χ1v) is 9.75. The lowest BCUT2D eigenvalue weighted by molar-refractivity contribution is -0.135. The standard InChI is InChI=1S/C24H24N2O3/c1-17-8-3-4-10-19(17)15-25(2)23(27)21-14-18-9-5-6-11-20(18)16-26(21)24(28)22-12-7-13-29-22/h3-13,21H,14-16H2,1-2H3. The number of fused-ring (bicyclic) bond motifs is 1. The van der Waals surface area contributed by atoms with Crippen molar-refractivity contribution in [2.75, 3.05) is 7.05 Å². The van der Waals surface area contributed by atoms with E-state index in [1.54, 1.807) is 29.0 Å². The summed E-state index contributed by atoms with van der Waals surface area (Å²) >= 11 is 0. The summed E-state index contributed by atoms with van der Waals surface area (Å²) in [7, 11) is 1.80. The van der Waals surface area contributed by atoms with E-state index in [1.165, 1.54) is 6.26 Å². The van der Waals surface area contributed by atoms with Crippen LogP contribution in [0, 0.1) is 6.92 Å². The number of hydrogen-bond acceptors (Lipinski definition) is 3. The third-order valence-corrected chi connectivity index (χ3v) is 5.57. The molecule has 1 aromatic heterocycles. The third-order valence-electron chi connectivity index (χ3n) is 5.57. The average molecular weight is 388 g/mol. The van der Waals surface area contributed by atoms with Crippen LogP contribution in [0.1, 0.15) is 32.8 Å². The molecule has 2 amide bonds. The zero-order chi connectivity index (χ0) is 20.4. The first kappa shape index (κ1) is 19.0. The molecule has 1 atom stereocenters. The summed E-state index contributed by atoms with van der Waals surface area (Å²) in [6.07, 6.45) is 1.98. The quantitative estimate of drug-likeness (QED) is 0.683. The maximum atomic E-state index is 13.4. The van der Waals surface area contributed by atoms with Crippen LogP contribution < -0.4 is 0 Å². The van der Waals surface area contributed by atoms with E-state index >= 15 is 0 Å². The van der Waals surface area contributed by atoms with Crippen LogP contribution in [0.4, 0.5) is 0 Å². The van der Waals surface area contributed by atoms with E-state index in [9.17, 15) is 9.59 Å². The molecule has 0 saturated heterocycles. The topological polar surface area (TPSA) is 53.8 Å². The Labute approximate surface area is 170 Å². The van der Waals surface area contributed by atoms with Gasteiger partial charge in [-0.15, -0.1) is 0 Å². The van der Waals surface area contributed by atoms with E-state index in [2.05, 4.69) is 0 Å². The van der Waals surface area contributed by atoms with Gasteiger partial charge in [0.25, 0.3) is 5.91 Å². The normalized spacial score (nSPS) is 15.7. The SMILES string of the molecule is Cc1ccccc1CN(C)C(=O)C1Cc2ccccc2CN1C(=O)c1ccco1. The van der Waals surface area contributed by atoms with Crippen LogP contribution in [0.25, 0.3) is 0 Å². The highest BCUT2D eigenvalue weighted by Crippen LogP contribution is 2.26. The molecule has 0 radical (unpaired) electrons. The Morgan fingerprint density at radius 1 is 1.03 bits per heavy atom.